The normalized spacial score (nSPS) is 14.4. The van der Waals surface area contributed by atoms with Crippen molar-refractivity contribution in [3.05, 3.63) is 95.7 Å². The molecule has 192 valence electrons. The van der Waals surface area contributed by atoms with Crippen molar-refractivity contribution in [1.29, 1.82) is 0 Å². The molecular formula is C28H22F3N5O2. The number of fused-ring (bicyclic) bond motifs is 1. The second kappa shape index (κ2) is 9.05. The van der Waals surface area contributed by atoms with Crippen LogP contribution in [0.1, 0.15) is 41.0 Å². The van der Waals surface area contributed by atoms with Crippen LogP contribution in [0.25, 0.3) is 11.1 Å². The lowest BCUT2D eigenvalue weighted by molar-refractivity contribution is -0.141. The minimum absolute atomic E-state index is 0.110. The molecule has 3 aromatic heterocycles. The van der Waals surface area contributed by atoms with E-state index in [1.165, 1.54) is 12.3 Å². The SMILES string of the molecule is Cc1ccc(NC(=O)c2cc(-c3cccc4c3C(C)(C)C(=O)N4c3cccnc3)cnc2C(F)(F)F)nc1. The number of pyridine rings is 3. The summed E-state index contributed by atoms with van der Waals surface area (Å²) in [6.07, 6.45) is 0.870. The van der Waals surface area contributed by atoms with Gasteiger partial charge in [-0.1, -0.05) is 18.2 Å². The summed E-state index contributed by atoms with van der Waals surface area (Å²) < 4.78 is 41.6. The molecule has 10 heteroatoms. The molecule has 1 aliphatic heterocycles. The van der Waals surface area contributed by atoms with E-state index >= 15 is 0 Å². The molecule has 0 unspecified atom stereocenters. The Labute approximate surface area is 216 Å². The number of anilines is 3. The number of aryl methyl sites for hydroxylation is 1. The van der Waals surface area contributed by atoms with Crippen LogP contribution in [-0.4, -0.2) is 26.8 Å². The first kappa shape index (κ1) is 25.1. The number of halogens is 3. The Morgan fingerprint density at radius 2 is 1.79 bits per heavy atom. The average Bonchev–Trinajstić information content (AvgIpc) is 3.10. The van der Waals surface area contributed by atoms with Crippen molar-refractivity contribution in [1.82, 2.24) is 15.0 Å². The third-order valence-corrected chi connectivity index (χ3v) is 6.42. The van der Waals surface area contributed by atoms with Crippen LogP contribution < -0.4 is 10.2 Å². The largest absolute Gasteiger partial charge is 0.434 e. The summed E-state index contributed by atoms with van der Waals surface area (Å²) in [6.45, 7) is 5.30. The van der Waals surface area contributed by atoms with Crippen LogP contribution in [0, 0.1) is 6.92 Å². The van der Waals surface area contributed by atoms with Gasteiger partial charge < -0.3 is 5.32 Å². The van der Waals surface area contributed by atoms with Gasteiger partial charge >= 0.3 is 6.18 Å². The summed E-state index contributed by atoms with van der Waals surface area (Å²) in [6, 6.07) is 13.0. The van der Waals surface area contributed by atoms with Crippen molar-refractivity contribution in [3.63, 3.8) is 0 Å². The molecule has 2 amide bonds. The van der Waals surface area contributed by atoms with Crippen molar-refractivity contribution >= 4 is 29.0 Å². The monoisotopic (exact) mass is 517 g/mol. The molecule has 1 N–H and O–H groups in total. The molecule has 0 spiro atoms. The van der Waals surface area contributed by atoms with E-state index in [9.17, 15) is 22.8 Å². The van der Waals surface area contributed by atoms with Crippen LogP contribution in [0.2, 0.25) is 0 Å². The zero-order chi connectivity index (χ0) is 27.2. The van der Waals surface area contributed by atoms with Gasteiger partial charge in [0.2, 0.25) is 5.91 Å². The van der Waals surface area contributed by atoms with E-state index in [0.29, 0.717) is 22.5 Å². The van der Waals surface area contributed by atoms with Crippen LogP contribution in [0.5, 0.6) is 0 Å². The summed E-state index contributed by atoms with van der Waals surface area (Å²) in [7, 11) is 0. The Morgan fingerprint density at radius 3 is 2.45 bits per heavy atom. The Kier molecular flexibility index (Phi) is 5.97. The fraction of sp³-hybridized carbons (Fsp3) is 0.179. The maximum Gasteiger partial charge on any atom is 0.434 e. The highest BCUT2D eigenvalue weighted by Crippen LogP contribution is 2.49. The molecule has 5 rings (SSSR count). The molecule has 0 bridgehead atoms. The number of hydrogen-bond donors (Lipinski definition) is 1. The highest BCUT2D eigenvalue weighted by Gasteiger charge is 2.46. The number of carbonyl (C=O) groups is 2. The zero-order valence-corrected chi connectivity index (χ0v) is 20.7. The fourth-order valence-electron chi connectivity index (χ4n) is 4.60. The van der Waals surface area contributed by atoms with Gasteiger partial charge in [-0.3, -0.25) is 24.5 Å². The van der Waals surface area contributed by atoms with Gasteiger partial charge in [0.05, 0.1) is 28.6 Å². The van der Waals surface area contributed by atoms with Crippen LogP contribution in [0.4, 0.5) is 30.4 Å². The fourth-order valence-corrected chi connectivity index (χ4v) is 4.60. The zero-order valence-electron chi connectivity index (χ0n) is 20.7. The Bertz CT molecular complexity index is 1550. The molecule has 1 aromatic carbocycles. The number of nitrogens with zero attached hydrogens (tertiary/aromatic N) is 4. The molecule has 4 heterocycles. The molecule has 1 aliphatic rings. The number of carbonyl (C=O) groups excluding carboxylic acids is 2. The molecule has 0 fully saturated rings. The van der Waals surface area contributed by atoms with Crippen LogP contribution in [0.3, 0.4) is 0 Å². The Hall–Kier alpha value is -4.60. The first-order valence-corrected chi connectivity index (χ1v) is 11.7. The summed E-state index contributed by atoms with van der Waals surface area (Å²) in [5.41, 5.74) is 0.380. The van der Waals surface area contributed by atoms with Gasteiger partial charge in [0, 0.05) is 24.2 Å². The van der Waals surface area contributed by atoms with E-state index < -0.39 is 28.8 Å². The summed E-state index contributed by atoms with van der Waals surface area (Å²) in [4.78, 5) is 39.9. The number of aromatic nitrogens is 3. The maximum atomic E-state index is 13.9. The molecule has 0 aliphatic carbocycles. The lowest BCUT2D eigenvalue weighted by atomic mass is 9.81. The first-order chi connectivity index (χ1) is 18.0. The van der Waals surface area contributed by atoms with E-state index in [-0.39, 0.29) is 17.3 Å². The number of alkyl halides is 3. The minimum atomic E-state index is -4.86. The summed E-state index contributed by atoms with van der Waals surface area (Å²) >= 11 is 0. The predicted octanol–water partition coefficient (Wildman–Crippen LogP) is 6.07. The van der Waals surface area contributed by atoms with E-state index in [0.717, 1.165) is 17.8 Å². The minimum Gasteiger partial charge on any atom is -0.307 e. The molecule has 7 nitrogen and oxygen atoms in total. The van der Waals surface area contributed by atoms with Gasteiger partial charge in [-0.2, -0.15) is 13.2 Å². The Balaban J connectivity index is 1.64. The standard InChI is InChI=1S/C28H22F3N5O2/c1-16-9-10-22(33-13-16)35-25(37)20-12-17(14-34-24(20)28(29,30)31)19-7-4-8-21-23(19)27(2,3)26(38)36(21)18-6-5-11-32-15-18/h4-15H,1-3H3,(H,33,35,37). The number of rotatable bonds is 4. The van der Waals surface area contributed by atoms with Crippen molar-refractivity contribution in [2.24, 2.45) is 0 Å². The van der Waals surface area contributed by atoms with Crippen molar-refractivity contribution < 1.29 is 22.8 Å². The molecule has 0 saturated carbocycles. The van der Waals surface area contributed by atoms with E-state index in [4.69, 9.17) is 0 Å². The Morgan fingerprint density at radius 1 is 1.00 bits per heavy atom. The van der Waals surface area contributed by atoms with Crippen molar-refractivity contribution in [3.8, 4) is 11.1 Å². The number of hydrogen-bond acceptors (Lipinski definition) is 5. The highest BCUT2D eigenvalue weighted by molar-refractivity contribution is 6.14. The third kappa shape index (κ3) is 4.27. The molecular weight excluding hydrogens is 495 g/mol. The second-order valence-electron chi connectivity index (χ2n) is 9.47. The first-order valence-electron chi connectivity index (χ1n) is 11.7. The van der Waals surface area contributed by atoms with E-state index in [2.05, 4.69) is 20.3 Å². The van der Waals surface area contributed by atoms with Crippen molar-refractivity contribution in [2.75, 3.05) is 10.2 Å². The van der Waals surface area contributed by atoms with Gasteiger partial charge in [-0.25, -0.2) is 4.98 Å². The van der Waals surface area contributed by atoms with Crippen molar-refractivity contribution in [2.45, 2.75) is 32.4 Å². The second-order valence-corrected chi connectivity index (χ2v) is 9.47. The predicted molar refractivity (Wildman–Crippen MR) is 136 cm³/mol. The molecule has 0 saturated heterocycles. The number of benzene rings is 1. The molecule has 0 atom stereocenters. The maximum absolute atomic E-state index is 13.9. The van der Waals surface area contributed by atoms with Gasteiger partial charge in [0.25, 0.3) is 5.91 Å². The third-order valence-electron chi connectivity index (χ3n) is 6.42. The van der Waals surface area contributed by atoms with Gasteiger partial charge in [-0.15, -0.1) is 0 Å². The van der Waals surface area contributed by atoms with Crippen LogP contribution >= 0.6 is 0 Å². The lowest BCUT2D eigenvalue weighted by Gasteiger charge is -2.21. The van der Waals surface area contributed by atoms with Crippen LogP contribution in [0.15, 0.2) is 73.3 Å². The number of amides is 2. The lowest BCUT2D eigenvalue weighted by Crippen LogP contribution is -2.33. The van der Waals surface area contributed by atoms with E-state index in [1.54, 1.807) is 74.5 Å². The van der Waals surface area contributed by atoms with Gasteiger partial charge in [-0.05, 0) is 67.8 Å². The number of nitrogens with one attached hydrogen (secondary N) is 1. The smallest absolute Gasteiger partial charge is 0.307 e. The molecule has 38 heavy (non-hydrogen) atoms. The quantitative estimate of drug-likeness (QED) is 0.355. The van der Waals surface area contributed by atoms with Gasteiger partial charge in [0.15, 0.2) is 5.69 Å². The van der Waals surface area contributed by atoms with Crippen LogP contribution in [-0.2, 0) is 16.4 Å². The molecule has 4 aromatic rings. The average molecular weight is 518 g/mol. The van der Waals surface area contributed by atoms with Gasteiger partial charge in [0.1, 0.15) is 5.82 Å². The summed E-state index contributed by atoms with van der Waals surface area (Å²) in [5, 5.41) is 2.42. The van der Waals surface area contributed by atoms with E-state index in [1.807, 2.05) is 0 Å². The molecule has 0 radical (unpaired) electrons. The highest BCUT2D eigenvalue weighted by atomic mass is 19.4. The summed E-state index contributed by atoms with van der Waals surface area (Å²) in [5.74, 6) is -1.10. The topological polar surface area (TPSA) is 88.1 Å².